The van der Waals surface area contributed by atoms with Crippen molar-refractivity contribution in [2.45, 2.75) is 26.7 Å². The van der Waals surface area contributed by atoms with Crippen LogP contribution in [0.2, 0.25) is 0 Å². The van der Waals surface area contributed by atoms with Gasteiger partial charge in [0.1, 0.15) is 6.61 Å². The molecule has 21 heavy (non-hydrogen) atoms. The fourth-order valence-electron chi connectivity index (χ4n) is 1.33. The molecule has 8 heteroatoms. The molecule has 0 aliphatic carbocycles. The molecule has 0 aliphatic heterocycles. The number of ether oxygens (including phenoxy) is 2. The largest absolute Gasteiger partial charge is 0.377 e. The highest BCUT2D eigenvalue weighted by Crippen LogP contribution is 2.07. The Morgan fingerprint density at radius 1 is 1.14 bits per heavy atom. The highest BCUT2D eigenvalue weighted by Gasteiger charge is 2.16. The molecule has 0 heterocycles. The Labute approximate surface area is 123 Å². The maximum Gasteiger partial charge on any atom is 0.351 e. The Bertz CT molecular complexity index is 337. The third-order valence-electron chi connectivity index (χ3n) is 2.53. The third kappa shape index (κ3) is 11.9. The average Bonchev–Trinajstić information content (AvgIpc) is 2.46. The molecule has 0 aliphatic rings. The zero-order valence-electron chi connectivity index (χ0n) is 12.4. The van der Waals surface area contributed by atoms with Gasteiger partial charge in [0.25, 0.3) is 0 Å². The van der Waals surface area contributed by atoms with Gasteiger partial charge in [0.05, 0.1) is 25.7 Å². The zero-order valence-corrected chi connectivity index (χ0v) is 12.4. The molecule has 1 N–H and O–H groups in total. The van der Waals surface area contributed by atoms with E-state index in [0.29, 0.717) is 26.4 Å². The summed E-state index contributed by atoms with van der Waals surface area (Å²) in [7, 11) is 0. The maximum atomic E-state index is 11.6. The van der Waals surface area contributed by atoms with E-state index < -0.39 is 11.9 Å². The summed E-state index contributed by atoms with van der Waals surface area (Å²) in [6.45, 7) is 4.28. The number of hydrogen-bond donors (Lipinski definition) is 1. The van der Waals surface area contributed by atoms with Gasteiger partial charge in [0.2, 0.25) is 5.91 Å². The minimum absolute atomic E-state index is 0.0480. The van der Waals surface area contributed by atoms with Crippen molar-refractivity contribution >= 4 is 17.7 Å². The molecule has 0 fully saturated rings. The number of ketones is 1. The second-order valence-corrected chi connectivity index (χ2v) is 4.55. The van der Waals surface area contributed by atoms with Crippen LogP contribution in [0.15, 0.2) is 0 Å². The number of carbonyl (C=O) groups is 3. The fraction of sp³-hybridized carbons (Fsp3) is 0.769. The van der Waals surface area contributed by atoms with Gasteiger partial charge in [-0.2, -0.15) is 0 Å². The smallest absolute Gasteiger partial charge is 0.351 e. The number of hydrogen-bond acceptors (Lipinski definition) is 6. The van der Waals surface area contributed by atoms with E-state index in [-0.39, 0.29) is 31.1 Å². The van der Waals surface area contributed by atoms with Crippen LogP contribution in [-0.4, -0.2) is 50.6 Å². The lowest BCUT2D eigenvalue weighted by molar-refractivity contribution is -0.188. The molecule has 0 aromatic heterocycles. The first-order valence-electron chi connectivity index (χ1n) is 6.71. The van der Waals surface area contributed by atoms with Gasteiger partial charge in [0, 0.05) is 17.5 Å². The van der Waals surface area contributed by atoms with Crippen LogP contribution in [0.1, 0.15) is 26.7 Å². The maximum absolute atomic E-state index is 11.6. The molecule has 0 saturated carbocycles. The molecule has 122 valence electrons. The number of rotatable bonds is 12. The summed E-state index contributed by atoms with van der Waals surface area (Å²) in [5.74, 6) is -1.93. The van der Waals surface area contributed by atoms with E-state index in [4.69, 9.17) is 9.47 Å². The predicted octanol–water partition coefficient (Wildman–Crippen LogP) is 0.569. The zero-order chi connectivity index (χ0) is 16.1. The molecule has 0 spiro atoms. The second-order valence-electron chi connectivity index (χ2n) is 4.55. The number of carbonyl (C=O) groups excluding carboxylic acids is 3. The van der Waals surface area contributed by atoms with Crippen molar-refractivity contribution in [3.8, 4) is 0 Å². The number of halogens is 1. The lowest BCUT2D eigenvalue weighted by Crippen LogP contribution is -2.28. The van der Waals surface area contributed by atoms with Crippen molar-refractivity contribution < 1.29 is 33.3 Å². The van der Waals surface area contributed by atoms with Crippen molar-refractivity contribution in [3.63, 3.8) is 0 Å². The summed E-state index contributed by atoms with van der Waals surface area (Å²) in [5, 5.41) is 2.60. The van der Waals surface area contributed by atoms with Crippen LogP contribution in [0.4, 0.5) is 4.53 Å². The Kier molecular flexibility index (Phi) is 11.3. The van der Waals surface area contributed by atoms with Gasteiger partial charge in [-0.25, -0.2) is 4.79 Å². The molecule has 7 nitrogen and oxygen atoms in total. The van der Waals surface area contributed by atoms with Crippen molar-refractivity contribution in [3.05, 3.63) is 0 Å². The van der Waals surface area contributed by atoms with Crippen LogP contribution in [0.25, 0.3) is 0 Å². The van der Waals surface area contributed by atoms with Crippen molar-refractivity contribution in [2.75, 3.05) is 33.0 Å². The van der Waals surface area contributed by atoms with Crippen LogP contribution in [0, 0.1) is 5.92 Å². The molecule has 0 radical (unpaired) electrons. The first kappa shape index (κ1) is 19.5. The van der Waals surface area contributed by atoms with Crippen LogP contribution >= 0.6 is 0 Å². The summed E-state index contributed by atoms with van der Waals surface area (Å²) in [4.78, 5) is 35.8. The van der Waals surface area contributed by atoms with E-state index in [2.05, 4.69) is 10.3 Å². The lowest BCUT2D eigenvalue weighted by Gasteiger charge is -2.08. The van der Waals surface area contributed by atoms with Gasteiger partial charge >= 0.3 is 5.97 Å². The lowest BCUT2D eigenvalue weighted by atomic mass is 10.1. The number of nitrogens with one attached hydrogen (secondary N) is 1. The van der Waals surface area contributed by atoms with E-state index in [1.807, 2.05) is 0 Å². The Morgan fingerprint density at radius 2 is 1.81 bits per heavy atom. The van der Waals surface area contributed by atoms with Gasteiger partial charge in [-0.1, -0.05) is 6.92 Å². The average molecular weight is 307 g/mol. The quantitative estimate of drug-likeness (QED) is 0.530. The first-order chi connectivity index (χ1) is 9.97. The number of Topliss-reactive ketones (excluding diaryl/α,β-unsaturated/α-hetero) is 1. The molecule has 0 saturated heterocycles. The Morgan fingerprint density at radius 3 is 2.43 bits per heavy atom. The summed E-state index contributed by atoms with van der Waals surface area (Å²) in [6, 6.07) is 0. The van der Waals surface area contributed by atoms with Gasteiger partial charge in [0.15, 0.2) is 5.78 Å². The van der Waals surface area contributed by atoms with E-state index >= 15 is 0 Å². The summed E-state index contributed by atoms with van der Waals surface area (Å²) in [5.41, 5.74) is 0. The highest BCUT2D eigenvalue weighted by atomic mass is 19.3. The van der Waals surface area contributed by atoms with E-state index in [9.17, 15) is 18.9 Å². The van der Waals surface area contributed by atoms with Crippen molar-refractivity contribution in [2.24, 2.45) is 5.92 Å². The summed E-state index contributed by atoms with van der Waals surface area (Å²) < 4.78 is 21.7. The standard InChI is InChI=1S/C13H22FNO6/c1-10(13(18)21-14)3-4-12(17)15-5-6-19-7-8-20-9-11(2)16/h10H,3-9H2,1-2H3,(H,15,17). The third-order valence-corrected chi connectivity index (χ3v) is 2.53. The van der Waals surface area contributed by atoms with Crippen LogP contribution in [0.5, 0.6) is 0 Å². The SMILES string of the molecule is CC(=O)COCCOCCNC(=O)CCC(C)C(=O)OF. The molecule has 0 aromatic carbocycles. The number of amides is 1. The first-order valence-corrected chi connectivity index (χ1v) is 6.71. The summed E-state index contributed by atoms with van der Waals surface area (Å²) >= 11 is 0. The highest BCUT2D eigenvalue weighted by molar-refractivity contribution is 5.77. The van der Waals surface area contributed by atoms with Gasteiger partial charge < -0.3 is 14.8 Å². The molecule has 1 unspecified atom stereocenters. The Balaban J connectivity index is 3.42. The van der Waals surface area contributed by atoms with Gasteiger partial charge in [-0.15, -0.1) is 0 Å². The minimum atomic E-state index is -0.975. The normalized spacial score (nSPS) is 11.8. The second kappa shape index (κ2) is 12.2. The minimum Gasteiger partial charge on any atom is -0.377 e. The van der Waals surface area contributed by atoms with Crippen molar-refractivity contribution in [1.29, 1.82) is 0 Å². The van der Waals surface area contributed by atoms with Crippen LogP contribution < -0.4 is 5.32 Å². The Hall–Kier alpha value is -1.54. The molecule has 1 amide bonds. The molecular formula is C13H22FNO6. The van der Waals surface area contributed by atoms with E-state index in [1.165, 1.54) is 13.8 Å². The molecule has 0 bridgehead atoms. The van der Waals surface area contributed by atoms with Gasteiger partial charge in [-0.3, -0.25) is 14.5 Å². The topological polar surface area (TPSA) is 90.9 Å². The fourth-order valence-corrected chi connectivity index (χ4v) is 1.33. The van der Waals surface area contributed by atoms with E-state index in [1.54, 1.807) is 0 Å². The molecule has 0 rings (SSSR count). The van der Waals surface area contributed by atoms with Crippen LogP contribution in [0.3, 0.4) is 0 Å². The monoisotopic (exact) mass is 307 g/mol. The molecule has 1 atom stereocenters. The van der Waals surface area contributed by atoms with Crippen molar-refractivity contribution in [1.82, 2.24) is 5.32 Å². The predicted molar refractivity (Wildman–Crippen MR) is 70.9 cm³/mol. The molecular weight excluding hydrogens is 285 g/mol. The van der Waals surface area contributed by atoms with Crippen LogP contribution in [-0.2, 0) is 28.8 Å². The van der Waals surface area contributed by atoms with E-state index in [0.717, 1.165) is 0 Å². The molecule has 0 aromatic rings. The van der Waals surface area contributed by atoms with Gasteiger partial charge in [-0.05, 0) is 13.3 Å². The summed E-state index contributed by atoms with van der Waals surface area (Å²) in [6.07, 6.45) is 0.326.